The number of fused-ring (bicyclic) bond motifs is 1. The van der Waals surface area contributed by atoms with E-state index >= 15 is 0 Å². The second-order valence-corrected chi connectivity index (χ2v) is 3.90. The van der Waals surface area contributed by atoms with Crippen LogP contribution in [0.25, 0.3) is 21.9 Å². The van der Waals surface area contributed by atoms with Crippen molar-refractivity contribution in [3.05, 3.63) is 65.1 Å². The summed E-state index contributed by atoms with van der Waals surface area (Å²) in [6.45, 7) is 0. The summed E-state index contributed by atoms with van der Waals surface area (Å²) in [4.78, 5) is 11.2. The Morgan fingerprint density at radius 1 is 0.882 bits per heavy atom. The molecule has 0 aliphatic carbocycles. The van der Waals surface area contributed by atoms with Crippen LogP contribution in [0.4, 0.5) is 0 Å². The molecule has 0 spiro atoms. The summed E-state index contributed by atoms with van der Waals surface area (Å²) in [5.41, 5.74) is 1.65. The SMILES string of the molecule is O=c1cc(-c2ccc3ccccc3c2)cn[nH]1. The van der Waals surface area contributed by atoms with E-state index in [1.165, 1.54) is 5.39 Å². The van der Waals surface area contributed by atoms with Crippen LogP contribution >= 0.6 is 0 Å². The molecule has 2 aromatic carbocycles. The van der Waals surface area contributed by atoms with Gasteiger partial charge in [-0.3, -0.25) is 4.79 Å². The third-order valence-electron chi connectivity index (χ3n) is 2.75. The Morgan fingerprint density at radius 2 is 1.71 bits per heavy atom. The molecule has 17 heavy (non-hydrogen) atoms. The van der Waals surface area contributed by atoms with E-state index in [0.717, 1.165) is 16.5 Å². The molecule has 3 nitrogen and oxygen atoms in total. The molecule has 82 valence electrons. The Hall–Kier alpha value is -2.42. The van der Waals surface area contributed by atoms with Gasteiger partial charge in [-0.25, -0.2) is 5.10 Å². The summed E-state index contributed by atoms with van der Waals surface area (Å²) in [5, 5.41) is 8.52. The molecule has 3 aromatic rings. The molecule has 0 radical (unpaired) electrons. The molecule has 0 aliphatic rings. The van der Waals surface area contributed by atoms with Gasteiger partial charge in [0.15, 0.2) is 0 Å². The highest BCUT2D eigenvalue weighted by Gasteiger charge is 2.00. The van der Waals surface area contributed by atoms with Gasteiger partial charge >= 0.3 is 0 Å². The normalized spacial score (nSPS) is 10.6. The molecule has 0 amide bonds. The van der Waals surface area contributed by atoms with Gasteiger partial charge in [0.2, 0.25) is 0 Å². The monoisotopic (exact) mass is 222 g/mol. The maximum absolute atomic E-state index is 11.2. The first-order valence-electron chi connectivity index (χ1n) is 5.37. The van der Waals surface area contributed by atoms with Crippen LogP contribution in [0.3, 0.4) is 0 Å². The number of rotatable bonds is 1. The van der Waals surface area contributed by atoms with Crippen LogP contribution in [0.1, 0.15) is 0 Å². The number of nitrogens with zero attached hydrogens (tertiary/aromatic N) is 1. The molecule has 1 aromatic heterocycles. The molecule has 0 aliphatic heterocycles. The van der Waals surface area contributed by atoms with E-state index in [1.54, 1.807) is 12.3 Å². The fourth-order valence-electron chi connectivity index (χ4n) is 1.90. The van der Waals surface area contributed by atoms with Crippen molar-refractivity contribution in [1.29, 1.82) is 0 Å². The third kappa shape index (κ3) is 1.83. The Labute approximate surface area is 97.7 Å². The van der Waals surface area contributed by atoms with Gasteiger partial charge in [-0.1, -0.05) is 36.4 Å². The molecule has 1 N–H and O–H groups in total. The number of aromatic amines is 1. The van der Waals surface area contributed by atoms with Gasteiger partial charge in [0.05, 0.1) is 6.20 Å². The van der Waals surface area contributed by atoms with Crippen molar-refractivity contribution in [2.45, 2.75) is 0 Å². The highest BCUT2D eigenvalue weighted by atomic mass is 16.1. The average Bonchev–Trinajstić information content (AvgIpc) is 2.38. The second kappa shape index (κ2) is 3.87. The zero-order valence-corrected chi connectivity index (χ0v) is 9.05. The zero-order valence-electron chi connectivity index (χ0n) is 9.05. The topological polar surface area (TPSA) is 45.8 Å². The lowest BCUT2D eigenvalue weighted by Crippen LogP contribution is -2.05. The Morgan fingerprint density at radius 3 is 2.53 bits per heavy atom. The minimum Gasteiger partial charge on any atom is -0.268 e. The smallest absolute Gasteiger partial charge is 0.264 e. The fourth-order valence-corrected chi connectivity index (χ4v) is 1.90. The van der Waals surface area contributed by atoms with Gasteiger partial charge in [-0.15, -0.1) is 0 Å². The van der Waals surface area contributed by atoms with E-state index in [-0.39, 0.29) is 5.56 Å². The van der Waals surface area contributed by atoms with E-state index < -0.39 is 0 Å². The van der Waals surface area contributed by atoms with Crippen LogP contribution in [-0.2, 0) is 0 Å². The van der Waals surface area contributed by atoms with Crippen LogP contribution in [0.15, 0.2) is 59.5 Å². The lowest BCUT2D eigenvalue weighted by Gasteiger charge is -2.02. The molecule has 0 bridgehead atoms. The first-order chi connectivity index (χ1) is 8.33. The van der Waals surface area contributed by atoms with Crippen molar-refractivity contribution in [1.82, 2.24) is 10.2 Å². The van der Waals surface area contributed by atoms with Crippen LogP contribution < -0.4 is 5.56 Å². The molecule has 0 fully saturated rings. The Bertz CT molecular complexity index is 731. The van der Waals surface area contributed by atoms with Crippen molar-refractivity contribution in [2.75, 3.05) is 0 Å². The van der Waals surface area contributed by atoms with Crippen molar-refractivity contribution in [3.63, 3.8) is 0 Å². The van der Waals surface area contributed by atoms with Gasteiger partial charge in [-0.05, 0) is 22.4 Å². The van der Waals surface area contributed by atoms with Crippen LogP contribution in [0.2, 0.25) is 0 Å². The maximum Gasteiger partial charge on any atom is 0.264 e. The molecule has 1 heterocycles. The summed E-state index contributed by atoms with van der Waals surface area (Å²) in [6, 6.07) is 15.8. The van der Waals surface area contributed by atoms with Crippen molar-refractivity contribution < 1.29 is 0 Å². The highest BCUT2D eigenvalue weighted by Crippen LogP contribution is 2.22. The number of nitrogens with one attached hydrogen (secondary N) is 1. The van der Waals surface area contributed by atoms with E-state index in [2.05, 4.69) is 28.4 Å². The van der Waals surface area contributed by atoms with Crippen LogP contribution in [0.5, 0.6) is 0 Å². The number of hydrogen-bond acceptors (Lipinski definition) is 2. The van der Waals surface area contributed by atoms with Crippen molar-refractivity contribution >= 4 is 10.8 Å². The molecule has 0 saturated carbocycles. The third-order valence-corrected chi connectivity index (χ3v) is 2.75. The van der Waals surface area contributed by atoms with Gasteiger partial charge in [0.25, 0.3) is 5.56 Å². The molecular formula is C14H10N2O. The minimum absolute atomic E-state index is 0.185. The van der Waals surface area contributed by atoms with Crippen molar-refractivity contribution in [3.8, 4) is 11.1 Å². The predicted molar refractivity (Wildman–Crippen MR) is 67.8 cm³/mol. The van der Waals surface area contributed by atoms with Gasteiger partial charge in [0.1, 0.15) is 0 Å². The number of aromatic nitrogens is 2. The van der Waals surface area contributed by atoms with E-state index in [9.17, 15) is 4.79 Å². The Balaban J connectivity index is 2.21. The maximum atomic E-state index is 11.2. The van der Waals surface area contributed by atoms with Gasteiger partial charge < -0.3 is 0 Å². The lowest BCUT2D eigenvalue weighted by molar-refractivity contribution is 0.991. The minimum atomic E-state index is -0.185. The molecule has 3 rings (SSSR count). The summed E-state index contributed by atoms with van der Waals surface area (Å²) in [6.07, 6.45) is 1.66. The number of hydrogen-bond donors (Lipinski definition) is 1. The molecule has 0 atom stereocenters. The molecule has 0 saturated heterocycles. The largest absolute Gasteiger partial charge is 0.268 e. The van der Waals surface area contributed by atoms with Gasteiger partial charge in [-0.2, -0.15) is 5.10 Å². The quantitative estimate of drug-likeness (QED) is 0.687. The van der Waals surface area contributed by atoms with E-state index in [1.807, 2.05) is 24.3 Å². The zero-order chi connectivity index (χ0) is 11.7. The number of H-pyrrole nitrogens is 1. The van der Waals surface area contributed by atoms with Crippen LogP contribution in [0, 0.1) is 0 Å². The highest BCUT2D eigenvalue weighted by molar-refractivity contribution is 5.87. The summed E-state index contributed by atoms with van der Waals surface area (Å²) in [5.74, 6) is 0. The second-order valence-electron chi connectivity index (χ2n) is 3.90. The fraction of sp³-hybridized carbons (Fsp3) is 0. The summed E-state index contributed by atoms with van der Waals surface area (Å²) < 4.78 is 0. The summed E-state index contributed by atoms with van der Waals surface area (Å²) in [7, 11) is 0. The summed E-state index contributed by atoms with van der Waals surface area (Å²) >= 11 is 0. The first-order valence-corrected chi connectivity index (χ1v) is 5.37. The predicted octanol–water partition coefficient (Wildman–Crippen LogP) is 2.59. The van der Waals surface area contributed by atoms with Gasteiger partial charge in [0, 0.05) is 11.6 Å². The van der Waals surface area contributed by atoms with E-state index in [4.69, 9.17) is 0 Å². The average molecular weight is 222 g/mol. The molecular weight excluding hydrogens is 212 g/mol. The van der Waals surface area contributed by atoms with Crippen LogP contribution in [-0.4, -0.2) is 10.2 Å². The van der Waals surface area contributed by atoms with Crippen molar-refractivity contribution in [2.24, 2.45) is 0 Å². The van der Waals surface area contributed by atoms with E-state index in [0.29, 0.717) is 0 Å². The Kier molecular flexibility index (Phi) is 2.22. The standard InChI is InChI=1S/C14H10N2O/c17-14-8-13(9-15-16-14)12-6-5-10-3-1-2-4-11(10)7-12/h1-9H,(H,16,17). The first kappa shape index (κ1) is 9.78. The number of benzene rings is 2. The molecule has 0 unspecified atom stereocenters. The molecule has 3 heteroatoms. The lowest BCUT2D eigenvalue weighted by atomic mass is 10.0.